The van der Waals surface area contributed by atoms with E-state index < -0.39 is 17.7 Å². The van der Waals surface area contributed by atoms with Gasteiger partial charge in [-0.2, -0.15) is 0 Å². The molecule has 0 unspecified atom stereocenters. The Labute approximate surface area is 258 Å². The summed E-state index contributed by atoms with van der Waals surface area (Å²) in [6.07, 6.45) is 2.57. The third-order valence-electron chi connectivity index (χ3n) is 7.50. The third-order valence-corrected chi connectivity index (χ3v) is 8.75. The van der Waals surface area contributed by atoms with Crippen LogP contribution in [0.1, 0.15) is 56.3 Å². The van der Waals surface area contributed by atoms with Crippen LogP contribution in [0.5, 0.6) is 17.2 Å². The molecular weight excluding hydrogens is 588 g/mol. The number of aliphatic hydroxyl groups is 1. The molecular formula is C33H31ClN2O6S. The molecule has 0 radical (unpaired) electrons. The summed E-state index contributed by atoms with van der Waals surface area (Å²) in [7, 11) is 0. The lowest BCUT2D eigenvalue weighted by Gasteiger charge is -2.24. The van der Waals surface area contributed by atoms with Crippen molar-refractivity contribution in [1.29, 1.82) is 0 Å². The lowest BCUT2D eigenvalue weighted by atomic mass is 9.94. The summed E-state index contributed by atoms with van der Waals surface area (Å²) in [5.41, 5.74) is 2.55. The number of carbonyl (C=O) groups excluding carboxylic acids is 2. The van der Waals surface area contributed by atoms with E-state index in [9.17, 15) is 14.7 Å². The van der Waals surface area contributed by atoms with Crippen LogP contribution in [0.25, 0.3) is 16.0 Å². The normalized spacial score (nSPS) is 19.1. The Morgan fingerprint density at radius 2 is 1.93 bits per heavy atom. The topological polar surface area (TPSA) is 98.2 Å². The van der Waals surface area contributed by atoms with Gasteiger partial charge in [0.15, 0.2) is 16.6 Å². The Balaban J connectivity index is 1.51. The molecule has 1 amide bonds. The third kappa shape index (κ3) is 5.43. The van der Waals surface area contributed by atoms with E-state index in [4.69, 9.17) is 25.8 Å². The van der Waals surface area contributed by atoms with E-state index in [0.717, 1.165) is 28.9 Å². The minimum absolute atomic E-state index is 0.0144. The fourth-order valence-electron chi connectivity index (χ4n) is 5.47. The highest BCUT2D eigenvalue weighted by atomic mass is 35.5. The molecule has 2 aliphatic rings. The van der Waals surface area contributed by atoms with Gasteiger partial charge in [0.2, 0.25) is 0 Å². The Kier molecular flexibility index (Phi) is 8.03. The maximum absolute atomic E-state index is 13.8. The minimum Gasteiger partial charge on any atom is -0.507 e. The highest BCUT2D eigenvalue weighted by Crippen LogP contribution is 2.46. The molecule has 222 valence electrons. The van der Waals surface area contributed by atoms with Gasteiger partial charge in [0.1, 0.15) is 17.6 Å². The second-order valence-corrected chi connectivity index (χ2v) is 12.0. The fraction of sp³-hybridized carbons (Fsp3) is 0.303. The van der Waals surface area contributed by atoms with Gasteiger partial charge in [0.25, 0.3) is 5.78 Å². The van der Waals surface area contributed by atoms with Crippen molar-refractivity contribution in [2.75, 3.05) is 18.1 Å². The SMILES string of the molecule is CCCCOc1ccc([C@H]2C(=C(O)c3ccc4c(c3)C[C@H](C)O4)C(=O)C(=O)N2c2nc3ccc(Cl)cc3s2)cc1OCC. The van der Waals surface area contributed by atoms with E-state index in [0.29, 0.717) is 57.9 Å². The van der Waals surface area contributed by atoms with Gasteiger partial charge in [0, 0.05) is 17.0 Å². The number of Topliss-reactive ketones (excluding diaryl/α,β-unsaturated/α-hetero) is 1. The zero-order valence-electron chi connectivity index (χ0n) is 24.1. The number of hydrogen-bond donors (Lipinski definition) is 1. The van der Waals surface area contributed by atoms with Crippen molar-refractivity contribution in [2.24, 2.45) is 0 Å². The molecule has 0 aliphatic carbocycles. The van der Waals surface area contributed by atoms with Gasteiger partial charge in [-0.3, -0.25) is 14.5 Å². The Morgan fingerprint density at radius 3 is 2.72 bits per heavy atom. The number of aromatic nitrogens is 1. The number of benzene rings is 3. The van der Waals surface area contributed by atoms with Crippen LogP contribution in [0.3, 0.4) is 0 Å². The van der Waals surface area contributed by atoms with E-state index in [-0.39, 0.29) is 17.4 Å². The number of amides is 1. The van der Waals surface area contributed by atoms with Crippen LogP contribution in [0.15, 0.2) is 60.2 Å². The molecule has 1 aromatic heterocycles. The number of fused-ring (bicyclic) bond motifs is 2. The standard InChI is InChI=1S/C33H31ClN2O6S/c1-4-6-13-41-25-12-7-19(16-26(25)40-5-2)29-28(30(37)20-8-11-24-21(15-20)14-18(3)42-24)31(38)32(39)36(29)33-35-23-10-9-22(34)17-27(23)43-33/h7-12,15-18,29,37H,4-6,13-14H2,1-3H3/t18-,29-/m0/s1. The molecule has 2 atom stereocenters. The molecule has 1 fully saturated rings. The molecule has 2 aliphatic heterocycles. The molecule has 0 saturated carbocycles. The summed E-state index contributed by atoms with van der Waals surface area (Å²) in [5, 5.41) is 12.6. The number of nitrogens with zero attached hydrogens (tertiary/aromatic N) is 2. The van der Waals surface area contributed by atoms with Gasteiger partial charge in [-0.1, -0.05) is 42.3 Å². The van der Waals surface area contributed by atoms with Crippen molar-refractivity contribution in [3.63, 3.8) is 0 Å². The molecule has 0 bridgehead atoms. The Hall–Kier alpha value is -4.08. The number of anilines is 1. The monoisotopic (exact) mass is 618 g/mol. The second-order valence-electron chi connectivity index (χ2n) is 10.6. The number of rotatable bonds is 9. The molecule has 6 rings (SSSR count). The lowest BCUT2D eigenvalue weighted by molar-refractivity contribution is -0.132. The van der Waals surface area contributed by atoms with Gasteiger partial charge in [-0.05, 0) is 79.9 Å². The Morgan fingerprint density at radius 1 is 1.09 bits per heavy atom. The number of thiazole rings is 1. The zero-order chi connectivity index (χ0) is 30.2. The first-order valence-corrected chi connectivity index (χ1v) is 15.5. The van der Waals surface area contributed by atoms with E-state index in [1.807, 2.05) is 19.9 Å². The Bertz CT molecular complexity index is 1770. The quantitative estimate of drug-likeness (QED) is 0.0899. The van der Waals surface area contributed by atoms with Gasteiger partial charge in [-0.25, -0.2) is 4.98 Å². The first kappa shape index (κ1) is 29.0. The summed E-state index contributed by atoms with van der Waals surface area (Å²) in [6.45, 7) is 6.86. The number of carbonyl (C=O) groups is 2. The summed E-state index contributed by atoms with van der Waals surface area (Å²) in [6, 6.07) is 14.9. The van der Waals surface area contributed by atoms with Gasteiger partial charge < -0.3 is 19.3 Å². The highest BCUT2D eigenvalue weighted by Gasteiger charge is 2.48. The zero-order valence-corrected chi connectivity index (χ0v) is 25.6. The van der Waals surface area contributed by atoms with Crippen LogP contribution >= 0.6 is 22.9 Å². The molecule has 43 heavy (non-hydrogen) atoms. The van der Waals surface area contributed by atoms with Crippen LogP contribution in [-0.2, 0) is 16.0 Å². The average molecular weight is 619 g/mol. The van der Waals surface area contributed by atoms with Crippen LogP contribution in [0.2, 0.25) is 5.02 Å². The summed E-state index contributed by atoms with van der Waals surface area (Å²) in [4.78, 5) is 33.6. The molecule has 1 N–H and O–H groups in total. The molecule has 4 aromatic rings. The number of aliphatic hydroxyl groups excluding tert-OH is 1. The van der Waals surface area contributed by atoms with Crippen molar-refractivity contribution in [2.45, 2.75) is 52.2 Å². The first-order valence-electron chi connectivity index (χ1n) is 14.4. The molecule has 3 aromatic carbocycles. The number of hydrogen-bond acceptors (Lipinski definition) is 8. The van der Waals surface area contributed by atoms with Crippen LogP contribution in [0.4, 0.5) is 5.13 Å². The van der Waals surface area contributed by atoms with Crippen LogP contribution in [-0.4, -0.2) is 41.1 Å². The van der Waals surface area contributed by atoms with E-state index >= 15 is 0 Å². The molecule has 8 nitrogen and oxygen atoms in total. The van der Waals surface area contributed by atoms with Crippen molar-refractivity contribution in [1.82, 2.24) is 4.98 Å². The predicted molar refractivity (Wildman–Crippen MR) is 168 cm³/mol. The number of unbranched alkanes of at least 4 members (excludes halogenated alkanes) is 1. The molecule has 3 heterocycles. The largest absolute Gasteiger partial charge is 0.507 e. The van der Waals surface area contributed by atoms with Crippen LogP contribution < -0.4 is 19.1 Å². The highest BCUT2D eigenvalue weighted by molar-refractivity contribution is 7.22. The van der Waals surface area contributed by atoms with Crippen molar-refractivity contribution < 1.29 is 28.9 Å². The van der Waals surface area contributed by atoms with Gasteiger partial charge in [0.05, 0.1) is 35.0 Å². The minimum atomic E-state index is -0.969. The van der Waals surface area contributed by atoms with Gasteiger partial charge in [-0.15, -0.1) is 0 Å². The van der Waals surface area contributed by atoms with E-state index in [1.165, 1.54) is 16.2 Å². The van der Waals surface area contributed by atoms with Gasteiger partial charge >= 0.3 is 5.91 Å². The van der Waals surface area contributed by atoms with Crippen LogP contribution in [0, 0.1) is 0 Å². The first-order chi connectivity index (χ1) is 20.8. The summed E-state index contributed by atoms with van der Waals surface area (Å²) in [5.74, 6) is -0.0465. The molecule has 1 saturated heterocycles. The smallest absolute Gasteiger partial charge is 0.301 e. The maximum Gasteiger partial charge on any atom is 0.301 e. The molecule has 10 heteroatoms. The number of halogens is 1. The van der Waals surface area contributed by atoms with E-state index in [2.05, 4.69) is 11.9 Å². The molecule has 0 spiro atoms. The predicted octanol–water partition coefficient (Wildman–Crippen LogP) is 7.48. The summed E-state index contributed by atoms with van der Waals surface area (Å²) < 4.78 is 18.5. The van der Waals surface area contributed by atoms with Crippen molar-refractivity contribution in [3.05, 3.63) is 81.9 Å². The number of ketones is 1. The van der Waals surface area contributed by atoms with Crippen molar-refractivity contribution >= 4 is 55.7 Å². The lowest BCUT2D eigenvalue weighted by Crippen LogP contribution is -2.29. The second kappa shape index (κ2) is 11.9. The van der Waals surface area contributed by atoms with Crippen molar-refractivity contribution in [3.8, 4) is 17.2 Å². The summed E-state index contributed by atoms with van der Waals surface area (Å²) >= 11 is 7.47. The van der Waals surface area contributed by atoms with E-state index in [1.54, 1.807) is 48.5 Å². The number of ether oxygens (including phenoxy) is 3. The fourth-order valence-corrected chi connectivity index (χ4v) is 6.74. The average Bonchev–Trinajstić information content (AvgIpc) is 3.65. The maximum atomic E-state index is 13.8.